The summed E-state index contributed by atoms with van der Waals surface area (Å²) in [5.41, 5.74) is 5.11. The summed E-state index contributed by atoms with van der Waals surface area (Å²) in [6.45, 7) is 1.53. The lowest BCUT2D eigenvalue weighted by Crippen LogP contribution is -2.10. The van der Waals surface area contributed by atoms with E-state index < -0.39 is 0 Å². The van der Waals surface area contributed by atoms with Gasteiger partial charge < -0.3 is 14.6 Å². The van der Waals surface area contributed by atoms with E-state index in [1.165, 1.54) is 5.56 Å². The van der Waals surface area contributed by atoms with Gasteiger partial charge in [-0.25, -0.2) is 4.98 Å². The number of nitrogens with zero attached hydrogens (tertiary/aromatic N) is 5. The van der Waals surface area contributed by atoms with E-state index in [9.17, 15) is 0 Å². The second-order valence-corrected chi connectivity index (χ2v) is 6.44. The van der Waals surface area contributed by atoms with Crippen molar-refractivity contribution >= 4 is 11.6 Å². The summed E-state index contributed by atoms with van der Waals surface area (Å²) in [7, 11) is 4.12. The summed E-state index contributed by atoms with van der Waals surface area (Å²) in [5, 5.41) is 11.6. The quantitative estimate of drug-likeness (QED) is 0.577. The molecule has 4 aromatic rings. The number of nitrogens with one attached hydrogen (secondary N) is 1. The van der Waals surface area contributed by atoms with Crippen molar-refractivity contribution in [1.82, 2.24) is 24.5 Å². The average Bonchev–Trinajstić information content (AvgIpc) is 3.32. The highest BCUT2D eigenvalue weighted by molar-refractivity contribution is 5.77. The van der Waals surface area contributed by atoms with Crippen molar-refractivity contribution in [2.75, 3.05) is 19.4 Å². The fourth-order valence-electron chi connectivity index (χ4n) is 2.88. The van der Waals surface area contributed by atoms with Gasteiger partial charge in [0.05, 0.1) is 12.5 Å². The highest BCUT2D eigenvalue weighted by atomic mass is 16.3. The van der Waals surface area contributed by atoms with Crippen LogP contribution >= 0.6 is 0 Å². The number of aromatic nitrogens is 4. The van der Waals surface area contributed by atoms with Crippen molar-refractivity contribution in [3.05, 3.63) is 66.5 Å². The molecule has 0 aliphatic heterocycles. The van der Waals surface area contributed by atoms with Gasteiger partial charge >= 0.3 is 0 Å². The van der Waals surface area contributed by atoms with Gasteiger partial charge in [-0.15, -0.1) is 10.2 Å². The van der Waals surface area contributed by atoms with Gasteiger partial charge in [0.2, 0.25) is 5.95 Å². The molecule has 3 aromatic heterocycles. The highest BCUT2D eigenvalue weighted by Crippen LogP contribution is 2.25. The minimum atomic E-state index is 0.620. The van der Waals surface area contributed by atoms with E-state index in [0.29, 0.717) is 12.5 Å². The molecule has 0 aliphatic rings. The Hall–Kier alpha value is -3.19. The Morgan fingerprint density at radius 3 is 2.69 bits per heavy atom. The molecule has 7 nitrogen and oxygen atoms in total. The van der Waals surface area contributed by atoms with Gasteiger partial charge in [-0.1, -0.05) is 24.3 Å². The first-order valence-electron chi connectivity index (χ1n) is 8.38. The van der Waals surface area contributed by atoms with E-state index >= 15 is 0 Å². The van der Waals surface area contributed by atoms with E-state index in [1.807, 2.05) is 16.7 Å². The molecule has 3 heterocycles. The summed E-state index contributed by atoms with van der Waals surface area (Å²) in [6.07, 6.45) is 6.87. The zero-order valence-corrected chi connectivity index (χ0v) is 14.8. The van der Waals surface area contributed by atoms with Crippen LogP contribution in [0.2, 0.25) is 0 Å². The maximum absolute atomic E-state index is 5.09. The summed E-state index contributed by atoms with van der Waals surface area (Å²) in [6, 6.07) is 10.4. The molecule has 1 N–H and O–H groups in total. The molecule has 0 saturated carbocycles. The van der Waals surface area contributed by atoms with E-state index in [4.69, 9.17) is 4.42 Å². The van der Waals surface area contributed by atoms with Crippen molar-refractivity contribution < 1.29 is 4.42 Å². The number of hydrogen-bond donors (Lipinski definition) is 1. The summed E-state index contributed by atoms with van der Waals surface area (Å²) in [4.78, 5) is 6.71. The predicted molar refractivity (Wildman–Crippen MR) is 99.6 cm³/mol. The number of anilines is 1. The molecule has 0 atom stereocenters. The Balaban J connectivity index is 1.62. The summed E-state index contributed by atoms with van der Waals surface area (Å²) < 4.78 is 6.96. The maximum Gasteiger partial charge on any atom is 0.210 e. The van der Waals surface area contributed by atoms with Crippen LogP contribution in [0.4, 0.5) is 5.95 Å². The maximum atomic E-state index is 5.09. The van der Waals surface area contributed by atoms with Crippen LogP contribution in [-0.4, -0.2) is 38.6 Å². The lowest BCUT2D eigenvalue weighted by Gasteiger charge is -2.11. The Kier molecular flexibility index (Phi) is 4.37. The van der Waals surface area contributed by atoms with Crippen molar-refractivity contribution in [2.45, 2.75) is 13.1 Å². The molecule has 0 fully saturated rings. The van der Waals surface area contributed by atoms with Gasteiger partial charge in [0.15, 0.2) is 5.65 Å². The van der Waals surface area contributed by atoms with Crippen molar-refractivity contribution in [2.24, 2.45) is 0 Å². The van der Waals surface area contributed by atoms with Gasteiger partial charge in [-0.2, -0.15) is 0 Å². The molecule has 132 valence electrons. The molecule has 0 amide bonds. The topological polar surface area (TPSA) is 71.5 Å². The third-order valence-corrected chi connectivity index (χ3v) is 4.13. The summed E-state index contributed by atoms with van der Waals surface area (Å²) in [5.74, 6) is 0.694. The van der Waals surface area contributed by atoms with Crippen LogP contribution in [0.3, 0.4) is 0 Å². The Labute approximate surface area is 151 Å². The smallest absolute Gasteiger partial charge is 0.210 e. The van der Waals surface area contributed by atoms with Gasteiger partial charge in [0, 0.05) is 30.4 Å². The van der Waals surface area contributed by atoms with E-state index in [-0.39, 0.29) is 0 Å². The molecule has 0 unspecified atom stereocenters. The second kappa shape index (κ2) is 6.97. The molecule has 0 radical (unpaired) electrons. The predicted octanol–water partition coefficient (Wildman–Crippen LogP) is 3.06. The van der Waals surface area contributed by atoms with Crippen LogP contribution in [0, 0.1) is 0 Å². The number of benzene rings is 1. The Morgan fingerprint density at radius 2 is 1.96 bits per heavy atom. The lowest BCUT2D eigenvalue weighted by molar-refractivity contribution is 0.402. The molecular weight excluding hydrogens is 328 g/mol. The number of hydrogen-bond acceptors (Lipinski definition) is 6. The van der Waals surface area contributed by atoms with E-state index in [2.05, 4.69) is 63.8 Å². The number of furan rings is 1. The molecule has 0 spiro atoms. The first kappa shape index (κ1) is 16.3. The van der Waals surface area contributed by atoms with Gasteiger partial charge in [0.1, 0.15) is 6.33 Å². The van der Waals surface area contributed by atoms with Crippen molar-refractivity contribution in [3.8, 4) is 11.1 Å². The third kappa shape index (κ3) is 3.29. The van der Waals surface area contributed by atoms with Crippen LogP contribution in [0.5, 0.6) is 0 Å². The first-order chi connectivity index (χ1) is 12.7. The minimum Gasteiger partial charge on any atom is -0.472 e. The lowest BCUT2D eigenvalue weighted by atomic mass is 10.1. The zero-order valence-electron chi connectivity index (χ0n) is 14.8. The van der Waals surface area contributed by atoms with Gasteiger partial charge in [0.25, 0.3) is 0 Å². The average molecular weight is 348 g/mol. The third-order valence-electron chi connectivity index (χ3n) is 4.13. The van der Waals surface area contributed by atoms with Crippen molar-refractivity contribution in [1.29, 1.82) is 0 Å². The minimum absolute atomic E-state index is 0.620. The normalized spacial score (nSPS) is 11.3. The SMILES string of the molecule is CN(C)Cc1ccc(-c2cnc(NCc3ccoc3)n3cnnc23)cc1. The fourth-order valence-corrected chi connectivity index (χ4v) is 2.88. The van der Waals surface area contributed by atoms with E-state index in [1.54, 1.807) is 18.9 Å². The van der Waals surface area contributed by atoms with E-state index in [0.717, 1.165) is 28.9 Å². The van der Waals surface area contributed by atoms with Crippen LogP contribution in [0.25, 0.3) is 16.8 Å². The molecule has 7 heteroatoms. The summed E-state index contributed by atoms with van der Waals surface area (Å²) >= 11 is 0. The van der Waals surface area contributed by atoms with Crippen LogP contribution < -0.4 is 5.32 Å². The molecule has 4 rings (SSSR count). The molecule has 0 aliphatic carbocycles. The molecule has 0 saturated heterocycles. The Bertz CT molecular complexity index is 989. The monoisotopic (exact) mass is 348 g/mol. The highest BCUT2D eigenvalue weighted by Gasteiger charge is 2.11. The molecule has 1 aromatic carbocycles. The zero-order chi connectivity index (χ0) is 17.9. The van der Waals surface area contributed by atoms with Crippen LogP contribution in [0.1, 0.15) is 11.1 Å². The Morgan fingerprint density at radius 1 is 1.12 bits per heavy atom. The molecule has 26 heavy (non-hydrogen) atoms. The van der Waals surface area contributed by atoms with Gasteiger partial charge in [-0.3, -0.25) is 4.40 Å². The first-order valence-corrected chi connectivity index (χ1v) is 8.38. The standard InChI is InChI=1S/C19H20N6O/c1-24(2)11-14-3-5-16(6-4-14)17-10-21-19(25-13-22-23-18(17)25)20-9-15-7-8-26-12-15/h3-8,10,12-13H,9,11H2,1-2H3,(H,20,21). The second-order valence-electron chi connectivity index (χ2n) is 6.44. The molecular formula is C19H20N6O. The molecule has 0 bridgehead atoms. The largest absolute Gasteiger partial charge is 0.472 e. The van der Waals surface area contributed by atoms with Crippen LogP contribution in [0.15, 0.2) is 59.8 Å². The van der Waals surface area contributed by atoms with Crippen LogP contribution in [-0.2, 0) is 13.1 Å². The number of fused-ring (bicyclic) bond motifs is 1. The number of rotatable bonds is 6. The fraction of sp³-hybridized carbons (Fsp3) is 0.211. The van der Waals surface area contributed by atoms with Gasteiger partial charge in [-0.05, 0) is 31.3 Å². The van der Waals surface area contributed by atoms with Crippen molar-refractivity contribution in [3.63, 3.8) is 0 Å².